The molecule has 104 valence electrons. The molecule has 1 N–H and O–H groups in total. The molecule has 6 nitrogen and oxygen atoms in total. The number of aromatic nitrogens is 2. The van der Waals surface area contributed by atoms with Gasteiger partial charge in [-0.15, -0.1) is 0 Å². The minimum absolute atomic E-state index is 0.133. The molecule has 0 spiro atoms. The number of H-pyrrole nitrogens is 1. The largest absolute Gasteiger partial charge is 0.343 e. The minimum atomic E-state index is -0.133. The molecule has 1 aliphatic heterocycles. The van der Waals surface area contributed by atoms with Crippen LogP contribution in [0.5, 0.6) is 0 Å². The van der Waals surface area contributed by atoms with Crippen molar-refractivity contribution in [2.75, 3.05) is 26.7 Å². The van der Waals surface area contributed by atoms with Crippen LogP contribution in [-0.2, 0) is 11.3 Å². The van der Waals surface area contributed by atoms with Crippen LogP contribution in [0.4, 0.5) is 0 Å². The zero-order chi connectivity index (χ0) is 14.1. The van der Waals surface area contributed by atoms with E-state index in [4.69, 9.17) is 0 Å². The van der Waals surface area contributed by atoms with Crippen molar-refractivity contribution in [3.63, 3.8) is 0 Å². The molecule has 0 radical (unpaired) electrons. The number of carbonyl (C=O) groups is 1. The van der Waals surface area contributed by atoms with Gasteiger partial charge in [0.05, 0.1) is 23.8 Å². The molecule has 6 heteroatoms. The van der Waals surface area contributed by atoms with Crippen LogP contribution in [0.2, 0.25) is 0 Å². The van der Waals surface area contributed by atoms with Gasteiger partial charge < -0.3 is 9.88 Å². The maximum Gasteiger partial charge on any atom is 0.258 e. The van der Waals surface area contributed by atoms with Crippen molar-refractivity contribution in [2.45, 2.75) is 6.54 Å². The molecule has 1 aromatic carbocycles. The summed E-state index contributed by atoms with van der Waals surface area (Å²) in [5.74, 6) is 0.136. The Morgan fingerprint density at radius 2 is 2.15 bits per heavy atom. The molecule has 0 atom stereocenters. The highest BCUT2D eigenvalue weighted by atomic mass is 16.2. The predicted octanol–water partition coefficient (Wildman–Crippen LogP) is 0.197. The van der Waals surface area contributed by atoms with Gasteiger partial charge in [0.1, 0.15) is 0 Å². The van der Waals surface area contributed by atoms with Gasteiger partial charge in [-0.2, -0.15) is 0 Å². The van der Waals surface area contributed by atoms with Gasteiger partial charge >= 0.3 is 0 Å². The Labute approximate surface area is 116 Å². The highest BCUT2D eigenvalue weighted by Gasteiger charge is 2.20. The van der Waals surface area contributed by atoms with Gasteiger partial charge in [-0.1, -0.05) is 6.07 Å². The van der Waals surface area contributed by atoms with E-state index in [1.54, 1.807) is 4.90 Å². The summed E-state index contributed by atoms with van der Waals surface area (Å²) in [5, 5.41) is 0.588. The van der Waals surface area contributed by atoms with Crippen LogP contribution in [0.15, 0.2) is 29.3 Å². The lowest BCUT2D eigenvalue weighted by Crippen LogP contribution is -2.47. The van der Waals surface area contributed by atoms with Crippen LogP contribution in [0.3, 0.4) is 0 Å². The number of hydrogen-bond donors (Lipinski definition) is 1. The summed E-state index contributed by atoms with van der Waals surface area (Å²) in [5.41, 5.74) is 1.58. The Bertz CT molecular complexity index is 710. The Hall–Kier alpha value is -2.21. The molecule has 2 aromatic rings. The van der Waals surface area contributed by atoms with E-state index in [2.05, 4.69) is 14.9 Å². The number of nitrogens with zero attached hydrogens (tertiary/aromatic N) is 3. The number of likely N-dealkylation sites (N-methyl/N-ethyl adjacent to an activating group) is 1. The summed E-state index contributed by atoms with van der Waals surface area (Å²) in [6.45, 7) is 2.69. The van der Waals surface area contributed by atoms with E-state index < -0.39 is 0 Å². The first kappa shape index (κ1) is 12.8. The monoisotopic (exact) mass is 272 g/mol. The standard InChI is InChI=1S/C14H16N4O2/c1-17-4-5-18(8-13(17)19)7-10-2-3-12-11(6-10)14(20)16-9-15-12/h2-3,6,9H,4-5,7-8H2,1H3,(H,15,16,20). The molecule has 2 heterocycles. The van der Waals surface area contributed by atoms with Crippen LogP contribution in [0.1, 0.15) is 5.56 Å². The fraction of sp³-hybridized carbons (Fsp3) is 0.357. The molecule has 3 rings (SSSR count). The van der Waals surface area contributed by atoms with Crippen LogP contribution < -0.4 is 5.56 Å². The van der Waals surface area contributed by atoms with Gasteiger partial charge in [-0.05, 0) is 17.7 Å². The van der Waals surface area contributed by atoms with Gasteiger partial charge in [0, 0.05) is 26.7 Å². The van der Waals surface area contributed by atoms with Crippen molar-refractivity contribution in [3.8, 4) is 0 Å². The molecule has 20 heavy (non-hydrogen) atoms. The smallest absolute Gasteiger partial charge is 0.258 e. The van der Waals surface area contributed by atoms with Crippen molar-refractivity contribution in [3.05, 3.63) is 40.4 Å². The third kappa shape index (κ3) is 2.42. The van der Waals surface area contributed by atoms with Crippen molar-refractivity contribution in [2.24, 2.45) is 0 Å². The van der Waals surface area contributed by atoms with Crippen LogP contribution >= 0.6 is 0 Å². The quantitative estimate of drug-likeness (QED) is 0.847. The zero-order valence-electron chi connectivity index (χ0n) is 11.3. The summed E-state index contributed by atoms with van der Waals surface area (Å²) < 4.78 is 0. The van der Waals surface area contributed by atoms with Crippen LogP contribution in [-0.4, -0.2) is 52.4 Å². The van der Waals surface area contributed by atoms with Gasteiger partial charge in [-0.25, -0.2) is 4.98 Å². The van der Waals surface area contributed by atoms with Crippen molar-refractivity contribution >= 4 is 16.8 Å². The zero-order valence-corrected chi connectivity index (χ0v) is 11.3. The van der Waals surface area contributed by atoms with Gasteiger partial charge in [-0.3, -0.25) is 14.5 Å². The second kappa shape index (κ2) is 5.05. The van der Waals surface area contributed by atoms with E-state index in [0.29, 0.717) is 24.0 Å². The van der Waals surface area contributed by atoms with Crippen LogP contribution in [0, 0.1) is 0 Å². The number of carbonyl (C=O) groups excluding carboxylic acids is 1. The van der Waals surface area contributed by atoms with E-state index in [1.807, 2.05) is 25.2 Å². The molecule has 1 aromatic heterocycles. The lowest BCUT2D eigenvalue weighted by Gasteiger charge is -2.31. The molecule has 1 saturated heterocycles. The first-order valence-electron chi connectivity index (χ1n) is 6.56. The molecule has 0 bridgehead atoms. The first-order valence-corrected chi connectivity index (χ1v) is 6.56. The van der Waals surface area contributed by atoms with Crippen molar-refractivity contribution in [1.82, 2.24) is 19.8 Å². The number of aromatic amines is 1. The Morgan fingerprint density at radius 1 is 1.30 bits per heavy atom. The molecular weight excluding hydrogens is 256 g/mol. The Kier molecular flexibility index (Phi) is 3.23. The Balaban J connectivity index is 1.83. The summed E-state index contributed by atoms with van der Waals surface area (Å²) in [4.78, 5) is 34.0. The Morgan fingerprint density at radius 3 is 2.95 bits per heavy atom. The third-order valence-electron chi connectivity index (χ3n) is 3.65. The SMILES string of the molecule is CN1CCN(Cc2ccc3nc[nH]c(=O)c3c2)CC1=O. The molecule has 0 saturated carbocycles. The fourth-order valence-electron chi connectivity index (χ4n) is 2.41. The number of piperazine rings is 1. The number of fused-ring (bicyclic) bond motifs is 1. The average molecular weight is 272 g/mol. The number of nitrogens with one attached hydrogen (secondary N) is 1. The van der Waals surface area contributed by atoms with E-state index in [0.717, 1.165) is 18.7 Å². The van der Waals surface area contributed by atoms with E-state index in [1.165, 1.54) is 6.33 Å². The first-order chi connectivity index (χ1) is 9.63. The normalized spacial score (nSPS) is 16.9. The fourth-order valence-corrected chi connectivity index (χ4v) is 2.41. The van der Waals surface area contributed by atoms with Gasteiger partial charge in [0.25, 0.3) is 5.56 Å². The molecule has 0 aliphatic carbocycles. The second-order valence-corrected chi connectivity index (χ2v) is 5.11. The summed E-state index contributed by atoms with van der Waals surface area (Å²) in [6.07, 6.45) is 1.41. The molecule has 1 aliphatic rings. The number of hydrogen-bond acceptors (Lipinski definition) is 4. The third-order valence-corrected chi connectivity index (χ3v) is 3.65. The summed E-state index contributed by atoms with van der Waals surface area (Å²) in [7, 11) is 1.82. The summed E-state index contributed by atoms with van der Waals surface area (Å²) >= 11 is 0. The van der Waals surface area contributed by atoms with E-state index in [-0.39, 0.29) is 11.5 Å². The lowest BCUT2D eigenvalue weighted by molar-refractivity contribution is -0.134. The van der Waals surface area contributed by atoms with Crippen molar-refractivity contribution in [1.29, 1.82) is 0 Å². The van der Waals surface area contributed by atoms with Crippen molar-refractivity contribution < 1.29 is 4.79 Å². The highest BCUT2D eigenvalue weighted by molar-refractivity contribution is 5.79. The highest BCUT2D eigenvalue weighted by Crippen LogP contribution is 2.13. The van der Waals surface area contributed by atoms with E-state index in [9.17, 15) is 9.59 Å². The minimum Gasteiger partial charge on any atom is -0.343 e. The maximum atomic E-state index is 11.7. The van der Waals surface area contributed by atoms with Gasteiger partial charge in [0.15, 0.2) is 0 Å². The number of amides is 1. The van der Waals surface area contributed by atoms with E-state index >= 15 is 0 Å². The second-order valence-electron chi connectivity index (χ2n) is 5.11. The van der Waals surface area contributed by atoms with Crippen LogP contribution in [0.25, 0.3) is 10.9 Å². The number of rotatable bonds is 2. The molecule has 1 amide bonds. The average Bonchev–Trinajstić information content (AvgIpc) is 2.44. The molecule has 0 unspecified atom stereocenters. The topological polar surface area (TPSA) is 69.3 Å². The molecule has 1 fully saturated rings. The number of benzene rings is 1. The summed E-state index contributed by atoms with van der Waals surface area (Å²) in [6, 6.07) is 5.65. The predicted molar refractivity (Wildman–Crippen MR) is 75.3 cm³/mol. The molecular formula is C14H16N4O2. The lowest BCUT2D eigenvalue weighted by atomic mass is 10.1. The maximum absolute atomic E-state index is 11.7. The van der Waals surface area contributed by atoms with Gasteiger partial charge in [0.2, 0.25) is 5.91 Å².